The molecule has 1 aliphatic carbocycles. The summed E-state index contributed by atoms with van der Waals surface area (Å²) < 4.78 is 2.93. The van der Waals surface area contributed by atoms with Crippen LogP contribution in [0.4, 0.5) is 0 Å². The Balaban J connectivity index is 2.04. The smallest absolute Gasteiger partial charge is 0.195 e. The molecule has 2 aromatic rings. The van der Waals surface area contributed by atoms with E-state index in [0.29, 0.717) is 6.04 Å². The number of hydrogen-bond donors (Lipinski definition) is 1. The van der Waals surface area contributed by atoms with Gasteiger partial charge < -0.3 is 0 Å². The molecule has 5 heteroatoms. The summed E-state index contributed by atoms with van der Waals surface area (Å²) in [4.78, 5) is 1.19. The maximum absolute atomic E-state index is 5.31. The predicted octanol–water partition coefficient (Wildman–Crippen LogP) is 3.64. The van der Waals surface area contributed by atoms with Crippen LogP contribution in [-0.2, 0) is 0 Å². The maximum Gasteiger partial charge on any atom is 0.195 e. The number of thiophene rings is 1. The van der Waals surface area contributed by atoms with E-state index in [9.17, 15) is 0 Å². The molecule has 1 N–H and O–H groups in total. The first kappa shape index (κ1) is 10.2. The highest BCUT2D eigenvalue weighted by molar-refractivity contribution is 7.71. The van der Waals surface area contributed by atoms with Crippen molar-refractivity contribution in [3.63, 3.8) is 0 Å². The summed E-state index contributed by atoms with van der Waals surface area (Å²) in [7, 11) is 0. The van der Waals surface area contributed by atoms with Crippen LogP contribution >= 0.6 is 23.6 Å². The van der Waals surface area contributed by atoms with Crippen LogP contribution in [0.3, 0.4) is 0 Å². The van der Waals surface area contributed by atoms with Gasteiger partial charge in [-0.25, -0.2) is 0 Å². The van der Waals surface area contributed by atoms with Crippen LogP contribution in [-0.4, -0.2) is 14.8 Å². The quantitative estimate of drug-likeness (QED) is 0.827. The molecule has 0 bridgehead atoms. The molecule has 0 unspecified atom stereocenters. The van der Waals surface area contributed by atoms with Gasteiger partial charge >= 0.3 is 0 Å². The van der Waals surface area contributed by atoms with Crippen LogP contribution in [0, 0.1) is 10.7 Å². The second-order valence-electron chi connectivity index (χ2n) is 4.43. The van der Waals surface area contributed by atoms with E-state index in [1.165, 1.54) is 17.7 Å². The fourth-order valence-corrected chi connectivity index (χ4v) is 3.29. The minimum absolute atomic E-state index is 0.540. The van der Waals surface area contributed by atoms with Gasteiger partial charge in [0, 0.05) is 6.04 Å². The van der Waals surface area contributed by atoms with Crippen molar-refractivity contribution in [2.24, 2.45) is 5.92 Å². The molecule has 2 aromatic heterocycles. The van der Waals surface area contributed by atoms with Crippen molar-refractivity contribution < 1.29 is 0 Å². The second-order valence-corrected chi connectivity index (χ2v) is 5.76. The summed E-state index contributed by atoms with van der Waals surface area (Å²) in [5.74, 6) is 1.81. The predicted molar refractivity (Wildman–Crippen MR) is 68.2 cm³/mol. The van der Waals surface area contributed by atoms with E-state index in [1.807, 2.05) is 6.07 Å². The lowest BCUT2D eigenvalue weighted by molar-refractivity contribution is 0.216. The van der Waals surface area contributed by atoms with Gasteiger partial charge in [-0.1, -0.05) is 13.0 Å². The summed E-state index contributed by atoms with van der Waals surface area (Å²) in [6.07, 6.45) is 2.43. The largest absolute Gasteiger partial charge is 0.296 e. The molecule has 16 heavy (non-hydrogen) atoms. The number of aromatic nitrogens is 3. The van der Waals surface area contributed by atoms with E-state index in [2.05, 4.69) is 33.1 Å². The number of rotatable bonds is 2. The minimum Gasteiger partial charge on any atom is -0.296 e. The lowest BCUT2D eigenvalue weighted by Gasteiger charge is -2.34. The van der Waals surface area contributed by atoms with Crippen LogP contribution in [0.15, 0.2) is 17.5 Å². The summed E-state index contributed by atoms with van der Waals surface area (Å²) >= 11 is 7.02. The normalized spacial score (nSPS) is 24.3. The standard InChI is InChI=1S/C11H13N3S2/c1-7-5-8(6-7)14-10(12-13-11(14)15)9-3-2-4-16-9/h2-4,7-8H,5-6H2,1H3,(H,13,15). The Morgan fingerprint density at radius 2 is 2.38 bits per heavy atom. The molecule has 0 aliphatic heterocycles. The van der Waals surface area contributed by atoms with Crippen molar-refractivity contribution in [1.29, 1.82) is 0 Å². The SMILES string of the molecule is CC1CC(n2c(-c3cccs3)n[nH]c2=S)C1. The van der Waals surface area contributed by atoms with Gasteiger partial charge in [0.1, 0.15) is 0 Å². The maximum atomic E-state index is 5.31. The zero-order valence-corrected chi connectivity index (χ0v) is 10.6. The molecule has 0 atom stereocenters. The number of hydrogen-bond acceptors (Lipinski definition) is 3. The van der Waals surface area contributed by atoms with Crippen molar-refractivity contribution in [3.8, 4) is 10.7 Å². The third-order valence-electron chi connectivity index (χ3n) is 3.16. The van der Waals surface area contributed by atoms with Crippen molar-refractivity contribution in [3.05, 3.63) is 22.3 Å². The molecule has 0 radical (unpaired) electrons. The summed E-state index contributed by atoms with van der Waals surface area (Å²) in [5.41, 5.74) is 0. The van der Waals surface area contributed by atoms with Crippen LogP contribution in [0.5, 0.6) is 0 Å². The summed E-state index contributed by atoms with van der Waals surface area (Å²) in [5, 5.41) is 9.32. The van der Waals surface area contributed by atoms with Crippen molar-refractivity contribution in [1.82, 2.24) is 14.8 Å². The average molecular weight is 251 g/mol. The molecule has 0 aromatic carbocycles. The van der Waals surface area contributed by atoms with Gasteiger partial charge in [0.2, 0.25) is 0 Å². The van der Waals surface area contributed by atoms with Crippen LogP contribution in [0.25, 0.3) is 10.7 Å². The molecule has 84 valence electrons. The van der Waals surface area contributed by atoms with Gasteiger partial charge in [-0.2, -0.15) is 5.10 Å². The highest BCUT2D eigenvalue weighted by atomic mass is 32.1. The Bertz CT molecular complexity index is 532. The lowest BCUT2D eigenvalue weighted by atomic mass is 9.81. The monoisotopic (exact) mass is 251 g/mol. The van der Waals surface area contributed by atoms with E-state index in [0.717, 1.165) is 16.5 Å². The van der Waals surface area contributed by atoms with Gasteiger partial charge in [0.05, 0.1) is 4.88 Å². The fraction of sp³-hybridized carbons (Fsp3) is 0.455. The Morgan fingerprint density at radius 3 is 3.00 bits per heavy atom. The summed E-state index contributed by atoms with van der Waals surface area (Å²) in [6.45, 7) is 2.28. The average Bonchev–Trinajstić information content (AvgIpc) is 2.82. The molecule has 0 spiro atoms. The van der Waals surface area contributed by atoms with E-state index in [-0.39, 0.29) is 0 Å². The number of nitrogens with zero attached hydrogens (tertiary/aromatic N) is 2. The molecule has 0 amide bonds. The van der Waals surface area contributed by atoms with Crippen LogP contribution in [0.1, 0.15) is 25.8 Å². The van der Waals surface area contributed by atoms with E-state index < -0.39 is 0 Å². The third kappa shape index (κ3) is 1.55. The van der Waals surface area contributed by atoms with Crippen LogP contribution < -0.4 is 0 Å². The van der Waals surface area contributed by atoms with Gasteiger partial charge in [0.25, 0.3) is 0 Å². The van der Waals surface area contributed by atoms with Gasteiger partial charge in [-0.05, 0) is 42.4 Å². The lowest BCUT2D eigenvalue weighted by Crippen LogP contribution is -2.25. The molecule has 2 heterocycles. The molecular weight excluding hydrogens is 238 g/mol. The first-order valence-corrected chi connectivity index (χ1v) is 6.75. The van der Waals surface area contributed by atoms with Crippen molar-refractivity contribution in [2.75, 3.05) is 0 Å². The first-order valence-electron chi connectivity index (χ1n) is 5.46. The Morgan fingerprint density at radius 1 is 1.56 bits per heavy atom. The number of nitrogens with one attached hydrogen (secondary N) is 1. The van der Waals surface area contributed by atoms with Gasteiger partial charge in [-0.3, -0.25) is 9.67 Å². The van der Waals surface area contributed by atoms with Crippen LogP contribution in [0.2, 0.25) is 0 Å². The molecule has 1 aliphatic rings. The first-order chi connectivity index (χ1) is 7.75. The minimum atomic E-state index is 0.540. The topological polar surface area (TPSA) is 33.6 Å². The van der Waals surface area contributed by atoms with E-state index in [1.54, 1.807) is 11.3 Å². The van der Waals surface area contributed by atoms with Gasteiger partial charge in [-0.15, -0.1) is 11.3 Å². The molecule has 3 nitrogen and oxygen atoms in total. The highest BCUT2D eigenvalue weighted by Gasteiger charge is 2.29. The Labute approximate surface area is 103 Å². The van der Waals surface area contributed by atoms with Gasteiger partial charge in [0.15, 0.2) is 10.6 Å². The third-order valence-corrected chi connectivity index (χ3v) is 4.31. The molecule has 1 saturated carbocycles. The zero-order valence-electron chi connectivity index (χ0n) is 9.01. The highest BCUT2D eigenvalue weighted by Crippen LogP contribution is 2.39. The Kier molecular flexibility index (Phi) is 2.44. The van der Waals surface area contributed by atoms with E-state index in [4.69, 9.17) is 12.2 Å². The molecular formula is C11H13N3S2. The molecule has 3 rings (SSSR count). The molecule has 0 saturated heterocycles. The summed E-state index contributed by atoms with van der Waals surface area (Å²) in [6, 6.07) is 4.68. The molecule has 1 fully saturated rings. The second kappa shape index (κ2) is 3.82. The van der Waals surface area contributed by atoms with Crippen molar-refractivity contribution >= 4 is 23.6 Å². The fourth-order valence-electron chi connectivity index (χ4n) is 2.29. The number of aromatic amines is 1. The zero-order chi connectivity index (χ0) is 11.1. The van der Waals surface area contributed by atoms with Crippen molar-refractivity contribution in [2.45, 2.75) is 25.8 Å². The Hall–Kier alpha value is -0.940. The van der Waals surface area contributed by atoms with E-state index >= 15 is 0 Å². The number of H-pyrrole nitrogens is 1.